The highest BCUT2D eigenvalue weighted by Crippen LogP contribution is 2.33. The van der Waals surface area contributed by atoms with E-state index < -0.39 is 6.23 Å². The largest absolute Gasteiger partial charge is 0.373 e. The number of rotatable bonds is 1. The standard InChI is InChI=1S/C19H20ClN5O2/c1-10-5-16-14(17-18(26)22-8-11(2)25(17)23-16)9-24(10)19(27)12-3-4-15(20)13(6-12)7-21/h3-4,6,10-11,18,22,26H,5,8-9H2,1-2H3/t10-,11-,18?/m1/s1. The number of carbonyl (C=O) groups excluding carboxylic acids is 1. The van der Waals surface area contributed by atoms with Gasteiger partial charge in [-0.25, -0.2) is 0 Å². The van der Waals surface area contributed by atoms with Crippen LogP contribution < -0.4 is 5.32 Å². The Morgan fingerprint density at radius 2 is 2.19 bits per heavy atom. The van der Waals surface area contributed by atoms with Crippen LogP contribution in [0.15, 0.2) is 18.2 Å². The van der Waals surface area contributed by atoms with Crippen LogP contribution in [0, 0.1) is 11.3 Å². The second-order valence-electron chi connectivity index (χ2n) is 7.21. The molecule has 27 heavy (non-hydrogen) atoms. The molecule has 0 fully saturated rings. The molecule has 1 aromatic carbocycles. The van der Waals surface area contributed by atoms with Crippen molar-refractivity contribution in [3.05, 3.63) is 51.3 Å². The van der Waals surface area contributed by atoms with Crippen LogP contribution in [0.1, 0.15) is 59.0 Å². The third-order valence-electron chi connectivity index (χ3n) is 5.36. The predicted molar refractivity (Wildman–Crippen MR) is 99.1 cm³/mol. The van der Waals surface area contributed by atoms with Crippen LogP contribution in [0.25, 0.3) is 0 Å². The fourth-order valence-corrected chi connectivity index (χ4v) is 4.02. The first kappa shape index (κ1) is 18.0. The molecule has 0 aliphatic carbocycles. The summed E-state index contributed by atoms with van der Waals surface area (Å²) in [5.41, 5.74) is 3.29. The fourth-order valence-electron chi connectivity index (χ4n) is 3.86. The van der Waals surface area contributed by atoms with Crippen LogP contribution in [0.2, 0.25) is 5.02 Å². The summed E-state index contributed by atoms with van der Waals surface area (Å²) in [6.45, 7) is 5.05. The van der Waals surface area contributed by atoms with Gasteiger partial charge in [0, 0.05) is 30.1 Å². The van der Waals surface area contributed by atoms with Gasteiger partial charge in [-0.15, -0.1) is 0 Å². The van der Waals surface area contributed by atoms with Gasteiger partial charge in [-0.05, 0) is 32.0 Å². The number of benzene rings is 1. The second kappa shape index (κ2) is 6.64. The van der Waals surface area contributed by atoms with E-state index in [4.69, 9.17) is 16.7 Å². The summed E-state index contributed by atoms with van der Waals surface area (Å²) in [5.74, 6) is -0.160. The Morgan fingerprint density at radius 3 is 2.93 bits per heavy atom. The minimum absolute atomic E-state index is 0.0384. The number of carbonyl (C=O) groups is 1. The molecule has 2 aliphatic heterocycles. The lowest BCUT2D eigenvalue weighted by molar-refractivity contribution is 0.0647. The molecule has 0 saturated heterocycles. The zero-order chi connectivity index (χ0) is 19.3. The van der Waals surface area contributed by atoms with E-state index in [9.17, 15) is 15.2 Å². The number of aromatic nitrogens is 2. The highest BCUT2D eigenvalue weighted by Gasteiger charge is 2.36. The number of aliphatic hydroxyl groups is 1. The molecule has 3 heterocycles. The predicted octanol–water partition coefficient (Wildman–Crippen LogP) is 2.15. The number of hydrogen-bond donors (Lipinski definition) is 2. The van der Waals surface area contributed by atoms with E-state index in [1.54, 1.807) is 17.0 Å². The van der Waals surface area contributed by atoms with Gasteiger partial charge in [0.1, 0.15) is 12.3 Å². The number of nitriles is 1. The zero-order valence-electron chi connectivity index (χ0n) is 15.1. The molecular formula is C19H20ClN5O2. The van der Waals surface area contributed by atoms with Crippen molar-refractivity contribution in [2.45, 2.75) is 45.1 Å². The van der Waals surface area contributed by atoms with Gasteiger partial charge < -0.3 is 10.0 Å². The third-order valence-corrected chi connectivity index (χ3v) is 5.69. The molecular weight excluding hydrogens is 366 g/mol. The Hall–Kier alpha value is -2.40. The minimum Gasteiger partial charge on any atom is -0.373 e. The van der Waals surface area contributed by atoms with E-state index in [2.05, 4.69) is 5.32 Å². The Balaban J connectivity index is 1.70. The minimum atomic E-state index is -0.788. The van der Waals surface area contributed by atoms with Gasteiger partial charge in [-0.3, -0.25) is 14.8 Å². The molecule has 3 atom stereocenters. The normalized spacial score (nSPS) is 24.1. The molecule has 2 aromatic rings. The number of aliphatic hydroxyl groups excluding tert-OH is 1. The zero-order valence-corrected chi connectivity index (χ0v) is 15.9. The van der Waals surface area contributed by atoms with Gasteiger partial charge in [-0.2, -0.15) is 10.4 Å². The molecule has 2 aliphatic rings. The molecule has 0 bridgehead atoms. The summed E-state index contributed by atoms with van der Waals surface area (Å²) < 4.78 is 1.88. The maximum absolute atomic E-state index is 13.1. The van der Waals surface area contributed by atoms with Crippen molar-refractivity contribution in [1.29, 1.82) is 5.26 Å². The number of hydrogen-bond acceptors (Lipinski definition) is 5. The van der Waals surface area contributed by atoms with Crippen molar-refractivity contribution >= 4 is 17.5 Å². The maximum Gasteiger partial charge on any atom is 0.254 e. The summed E-state index contributed by atoms with van der Waals surface area (Å²) in [6, 6.07) is 6.85. The van der Waals surface area contributed by atoms with Gasteiger partial charge in [0.25, 0.3) is 5.91 Å². The maximum atomic E-state index is 13.1. The fraction of sp³-hybridized carbons (Fsp3) is 0.421. The topological polar surface area (TPSA) is 94.2 Å². The Kier molecular flexibility index (Phi) is 4.42. The Morgan fingerprint density at radius 1 is 1.41 bits per heavy atom. The number of nitrogens with one attached hydrogen (secondary N) is 1. The highest BCUT2D eigenvalue weighted by molar-refractivity contribution is 6.31. The van der Waals surface area contributed by atoms with Gasteiger partial charge in [-0.1, -0.05) is 11.6 Å². The van der Waals surface area contributed by atoms with Crippen LogP contribution in [0.3, 0.4) is 0 Å². The van der Waals surface area contributed by atoms with Gasteiger partial charge in [0.2, 0.25) is 0 Å². The smallest absolute Gasteiger partial charge is 0.254 e. The van der Waals surface area contributed by atoms with Crippen LogP contribution in [0.5, 0.6) is 0 Å². The first-order valence-corrected chi connectivity index (χ1v) is 9.30. The van der Waals surface area contributed by atoms with Crippen LogP contribution in [0.4, 0.5) is 0 Å². The summed E-state index contributed by atoms with van der Waals surface area (Å²) in [7, 11) is 0. The summed E-state index contributed by atoms with van der Waals surface area (Å²) in [6.07, 6.45) is -0.164. The van der Waals surface area contributed by atoms with E-state index >= 15 is 0 Å². The lowest BCUT2D eigenvalue weighted by Crippen LogP contribution is -2.43. The summed E-state index contributed by atoms with van der Waals surface area (Å²) in [5, 5.41) is 27.7. The van der Waals surface area contributed by atoms with E-state index in [0.29, 0.717) is 30.1 Å². The van der Waals surface area contributed by atoms with Crippen molar-refractivity contribution in [3.8, 4) is 6.07 Å². The molecule has 7 nitrogen and oxygen atoms in total. The quantitative estimate of drug-likeness (QED) is 0.784. The average molecular weight is 386 g/mol. The van der Waals surface area contributed by atoms with E-state index in [1.165, 1.54) is 6.07 Å². The Labute approximate surface area is 162 Å². The summed E-state index contributed by atoms with van der Waals surface area (Å²) in [4.78, 5) is 14.9. The molecule has 1 aromatic heterocycles. The molecule has 4 rings (SSSR count). The number of fused-ring (bicyclic) bond motifs is 3. The summed E-state index contributed by atoms with van der Waals surface area (Å²) >= 11 is 5.98. The van der Waals surface area contributed by atoms with Crippen LogP contribution in [-0.4, -0.2) is 38.3 Å². The molecule has 8 heteroatoms. The molecule has 0 radical (unpaired) electrons. The van der Waals surface area contributed by atoms with E-state index in [1.807, 2.05) is 24.6 Å². The van der Waals surface area contributed by atoms with Gasteiger partial charge >= 0.3 is 0 Å². The highest BCUT2D eigenvalue weighted by atomic mass is 35.5. The molecule has 0 spiro atoms. The first-order chi connectivity index (χ1) is 12.9. The lowest BCUT2D eigenvalue weighted by atomic mass is 9.97. The number of nitrogens with zero attached hydrogens (tertiary/aromatic N) is 4. The lowest BCUT2D eigenvalue weighted by Gasteiger charge is -2.34. The van der Waals surface area contributed by atoms with Gasteiger partial charge in [0.15, 0.2) is 0 Å². The van der Waals surface area contributed by atoms with Crippen LogP contribution >= 0.6 is 11.6 Å². The van der Waals surface area contributed by atoms with Crippen molar-refractivity contribution in [2.75, 3.05) is 6.54 Å². The number of amides is 1. The molecule has 140 valence electrons. The Bertz CT molecular complexity index is 964. The first-order valence-electron chi connectivity index (χ1n) is 8.93. The SMILES string of the molecule is C[C@@H]1Cc2nn3c(c2CN1C(=O)c1ccc(Cl)c(C#N)c1)C(O)NC[C@H]3C. The average Bonchev–Trinajstić information content (AvgIpc) is 3.03. The van der Waals surface area contributed by atoms with Gasteiger partial charge in [0.05, 0.1) is 34.6 Å². The van der Waals surface area contributed by atoms with Crippen molar-refractivity contribution in [1.82, 2.24) is 20.0 Å². The van der Waals surface area contributed by atoms with E-state index in [-0.39, 0.29) is 23.6 Å². The third kappa shape index (κ3) is 2.90. The van der Waals surface area contributed by atoms with E-state index in [0.717, 1.165) is 17.0 Å². The molecule has 1 amide bonds. The molecule has 0 saturated carbocycles. The van der Waals surface area contributed by atoms with Crippen molar-refractivity contribution < 1.29 is 9.90 Å². The second-order valence-corrected chi connectivity index (χ2v) is 7.61. The molecule has 2 N–H and O–H groups in total. The molecule has 1 unspecified atom stereocenters. The number of halogens is 1. The monoisotopic (exact) mass is 385 g/mol. The van der Waals surface area contributed by atoms with Crippen LogP contribution in [-0.2, 0) is 13.0 Å². The van der Waals surface area contributed by atoms with Crippen molar-refractivity contribution in [2.24, 2.45) is 0 Å². The van der Waals surface area contributed by atoms with Crippen molar-refractivity contribution in [3.63, 3.8) is 0 Å².